The van der Waals surface area contributed by atoms with Crippen molar-refractivity contribution < 1.29 is 19.1 Å². The molecule has 0 saturated carbocycles. The Labute approximate surface area is 117 Å². The number of urea groups is 1. The quantitative estimate of drug-likeness (QED) is 0.637. The van der Waals surface area contributed by atoms with Crippen LogP contribution in [0, 0.1) is 0 Å². The Bertz CT molecular complexity index is 514. The fraction of sp³-hybridized carbons (Fsp3) is 0.357. The van der Waals surface area contributed by atoms with Gasteiger partial charge in [0.1, 0.15) is 6.04 Å². The summed E-state index contributed by atoms with van der Waals surface area (Å²) in [7, 11) is 0. The van der Waals surface area contributed by atoms with Gasteiger partial charge >= 0.3 is 12.0 Å². The first-order chi connectivity index (χ1) is 9.43. The zero-order valence-electron chi connectivity index (χ0n) is 11.7. The van der Waals surface area contributed by atoms with Gasteiger partial charge in [0.25, 0.3) is 0 Å². The van der Waals surface area contributed by atoms with Crippen LogP contribution in [0.4, 0.5) is 10.5 Å². The second kappa shape index (κ2) is 7.28. The summed E-state index contributed by atoms with van der Waals surface area (Å²) in [5.41, 5.74) is 0.979. The second-order valence-corrected chi connectivity index (χ2v) is 4.21. The molecule has 1 aromatic rings. The molecule has 20 heavy (non-hydrogen) atoms. The highest BCUT2D eigenvalue weighted by molar-refractivity contribution is 5.97. The van der Waals surface area contributed by atoms with Crippen LogP contribution in [0.2, 0.25) is 0 Å². The molecule has 6 nitrogen and oxygen atoms in total. The summed E-state index contributed by atoms with van der Waals surface area (Å²) in [5.74, 6) is -0.589. The highest BCUT2D eigenvalue weighted by atomic mass is 16.5. The molecule has 0 fully saturated rings. The summed E-state index contributed by atoms with van der Waals surface area (Å²) in [6.45, 7) is 4.93. The molecule has 1 rings (SSSR count). The monoisotopic (exact) mass is 278 g/mol. The van der Waals surface area contributed by atoms with Gasteiger partial charge in [-0.2, -0.15) is 0 Å². The fourth-order valence-corrected chi connectivity index (χ4v) is 1.51. The molecule has 1 atom stereocenters. The maximum absolute atomic E-state index is 11.7. The van der Waals surface area contributed by atoms with Gasteiger partial charge in [-0.3, -0.25) is 4.79 Å². The molecule has 0 aliphatic heterocycles. The van der Waals surface area contributed by atoms with E-state index in [1.807, 2.05) is 0 Å². The normalized spacial score (nSPS) is 11.3. The van der Waals surface area contributed by atoms with Crippen molar-refractivity contribution in [3.05, 3.63) is 29.8 Å². The van der Waals surface area contributed by atoms with Crippen molar-refractivity contribution in [3.63, 3.8) is 0 Å². The van der Waals surface area contributed by atoms with Gasteiger partial charge in [-0.1, -0.05) is 12.1 Å². The van der Waals surface area contributed by atoms with Gasteiger partial charge in [0.15, 0.2) is 5.78 Å². The van der Waals surface area contributed by atoms with Gasteiger partial charge in [-0.25, -0.2) is 9.59 Å². The van der Waals surface area contributed by atoms with Crippen LogP contribution < -0.4 is 10.6 Å². The molecule has 0 aliphatic rings. The molecule has 0 aromatic heterocycles. The van der Waals surface area contributed by atoms with E-state index in [0.717, 1.165) is 0 Å². The van der Waals surface area contributed by atoms with Gasteiger partial charge < -0.3 is 15.4 Å². The van der Waals surface area contributed by atoms with E-state index in [4.69, 9.17) is 4.74 Å². The number of rotatable bonds is 5. The minimum Gasteiger partial charge on any atom is -0.464 e. The van der Waals surface area contributed by atoms with Crippen LogP contribution in [0.5, 0.6) is 0 Å². The number of carbonyl (C=O) groups is 3. The van der Waals surface area contributed by atoms with Gasteiger partial charge in [-0.15, -0.1) is 0 Å². The molecule has 1 aromatic carbocycles. The zero-order valence-corrected chi connectivity index (χ0v) is 11.7. The minimum absolute atomic E-state index is 0.0889. The van der Waals surface area contributed by atoms with Crippen LogP contribution in [-0.2, 0) is 9.53 Å². The summed E-state index contributed by atoms with van der Waals surface area (Å²) in [5, 5.41) is 5.01. The lowest BCUT2D eigenvalue weighted by Gasteiger charge is -2.13. The van der Waals surface area contributed by atoms with Crippen LogP contribution in [0.1, 0.15) is 31.1 Å². The summed E-state index contributed by atoms with van der Waals surface area (Å²) in [6, 6.07) is 5.27. The first kappa shape index (κ1) is 15.7. The predicted molar refractivity (Wildman–Crippen MR) is 74.7 cm³/mol. The van der Waals surface area contributed by atoms with Crippen LogP contribution >= 0.6 is 0 Å². The number of ether oxygens (including phenoxy) is 1. The lowest BCUT2D eigenvalue weighted by Crippen LogP contribution is -2.41. The van der Waals surface area contributed by atoms with Gasteiger partial charge in [-0.05, 0) is 32.9 Å². The van der Waals surface area contributed by atoms with Crippen molar-refractivity contribution in [2.75, 3.05) is 11.9 Å². The molecule has 0 saturated heterocycles. The number of hydrogen-bond acceptors (Lipinski definition) is 4. The zero-order chi connectivity index (χ0) is 15.1. The van der Waals surface area contributed by atoms with E-state index in [-0.39, 0.29) is 12.4 Å². The highest BCUT2D eigenvalue weighted by Crippen LogP contribution is 2.11. The number of amides is 2. The first-order valence-electron chi connectivity index (χ1n) is 6.29. The number of ketones is 1. The molecule has 1 unspecified atom stereocenters. The molecule has 6 heteroatoms. The third-order valence-corrected chi connectivity index (χ3v) is 2.51. The van der Waals surface area contributed by atoms with E-state index in [9.17, 15) is 14.4 Å². The predicted octanol–water partition coefficient (Wildman–Crippen LogP) is 1.96. The van der Waals surface area contributed by atoms with E-state index < -0.39 is 18.0 Å². The Kier molecular flexibility index (Phi) is 5.71. The van der Waals surface area contributed by atoms with Crippen LogP contribution in [0.15, 0.2) is 24.3 Å². The minimum atomic E-state index is -0.745. The maximum Gasteiger partial charge on any atom is 0.328 e. The molecule has 0 aliphatic carbocycles. The van der Waals surface area contributed by atoms with Crippen molar-refractivity contribution in [1.29, 1.82) is 0 Å². The van der Waals surface area contributed by atoms with Crippen molar-refractivity contribution in [2.45, 2.75) is 26.8 Å². The van der Waals surface area contributed by atoms with Crippen molar-refractivity contribution in [1.82, 2.24) is 5.32 Å². The molecule has 108 valence electrons. The molecule has 0 radical (unpaired) electrons. The third-order valence-electron chi connectivity index (χ3n) is 2.51. The van der Waals surface area contributed by atoms with Crippen molar-refractivity contribution >= 4 is 23.5 Å². The summed E-state index contributed by atoms with van der Waals surface area (Å²) in [6.07, 6.45) is 0. The smallest absolute Gasteiger partial charge is 0.328 e. The van der Waals surface area contributed by atoms with E-state index >= 15 is 0 Å². The van der Waals surface area contributed by atoms with Crippen molar-refractivity contribution in [3.8, 4) is 0 Å². The lowest BCUT2D eigenvalue weighted by atomic mass is 10.1. The Balaban J connectivity index is 2.60. The first-order valence-corrected chi connectivity index (χ1v) is 6.29. The Morgan fingerprint density at radius 3 is 2.60 bits per heavy atom. The third kappa shape index (κ3) is 4.72. The Hall–Kier alpha value is -2.37. The molecule has 2 N–H and O–H groups in total. The summed E-state index contributed by atoms with van der Waals surface area (Å²) in [4.78, 5) is 34.3. The number of benzene rings is 1. The average molecular weight is 278 g/mol. The average Bonchev–Trinajstić information content (AvgIpc) is 2.39. The number of nitrogens with one attached hydrogen (secondary N) is 2. The van der Waals surface area contributed by atoms with Gasteiger partial charge in [0.2, 0.25) is 0 Å². The standard InChI is InChI=1S/C14H18N2O4/c1-4-20-13(18)9(2)15-14(19)16-12-7-5-6-11(8-12)10(3)17/h5-9H,4H2,1-3H3,(H2,15,16,19). The Morgan fingerprint density at radius 2 is 2.00 bits per heavy atom. The van der Waals surface area contributed by atoms with E-state index in [1.54, 1.807) is 31.2 Å². The highest BCUT2D eigenvalue weighted by Gasteiger charge is 2.16. The lowest BCUT2D eigenvalue weighted by molar-refractivity contribution is -0.144. The molecular formula is C14H18N2O4. The topological polar surface area (TPSA) is 84.5 Å². The number of carbonyl (C=O) groups excluding carboxylic acids is 3. The molecule has 0 spiro atoms. The largest absolute Gasteiger partial charge is 0.464 e. The molecule has 0 heterocycles. The number of hydrogen-bond donors (Lipinski definition) is 2. The molecular weight excluding hydrogens is 260 g/mol. The van der Waals surface area contributed by atoms with Crippen LogP contribution in [0.3, 0.4) is 0 Å². The number of Topliss-reactive ketones (excluding diaryl/α,β-unsaturated/α-hetero) is 1. The number of esters is 1. The SMILES string of the molecule is CCOC(=O)C(C)NC(=O)Nc1cccc(C(C)=O)c1. The van der Waals surface area contributed by atoms with Crippen molar-refractivity contribution in [2.24, 2.45) is 0 Å². The van der Waals surface area contributed by atoms with Crippen LogP contribution in [0.25, 0.3) is 0 Å². The number of anilines is 1. The van der Waals surface area contributed by atoms with Gasteiger partial charge in [0, 0.05) is 11.3 Å². The maximum atomic E-state index is 11.7. The summed E-state index contributed by atoms with van der Waals surface area (Å²) >= 11 is 0. The Morgan fingerprint density at radius 1 is 1.30 bits per heavy atom. The van der Waals surface area contributed by atoms with Crippen LogP contribution in [-0.4, -0.2) is 30.4 Å². The van der Waals surface area contributed by atoms with E-state index in [2.05, 4.69) is 10.6 Å². The molecule has 2 amide bonds. The van der Waals surface area contributed by atoms with Gasteiger partial charge in [0.05, 0.1) is 6.61 Å². The fourth-order valence-electron chi connectivity index (χ4n) is 1.51. The van der Waals surface area contributed by atoms with E-state index in [0.29, 0.717) is 11.3 Å². The summed E-state index contributed by atoms with van der Waals surface area (Å²) < 4.78 is 4.78. The molecule has 0 bridgehead atoms. The van der Waals surface area contributed by atoms with E-state index in [1.165, 1.54) is 13.8 Å². The second-order valence-electron chi connectivity index (χ2n) is 4.21.